The zero-order valence-electron chi connectivity index (χ0n) is 24.8. The summed E-state index contributed by atoms with van der Waals surface area (Å²) >= 11 is 0. The Hall–Kier alpha value is -3.65. The van der Waals surface area contributed by atoms with Gasteiger partial charge in [-0.05, 0) is 62.4 Å². The van der Waals surface area contributed by atoms with Crippen molar-refractivity contribution in [1.29, 1.82) is 0 Å². The van der Waals surface area contributed by atoms with E-state index in [0.717, 1.165) is 28.7 Å². The molecule has 0 saturated carbocycles. The Kier molecular flexibility index (Phi) is 11.5. The second-order valence-electron chi connectivity index (χ2n) is 10.7. The van der Waals surface area contributed by atoms with Crippen LogP contribution in [-0.2, 0) is 32.6 Å². The van der Waals surface area contributed by atoms with Crippen molar-refractivity contribution in [2.45, 2.75) is 72.0 Å². The van der Waals surface area contributed by atoms with Gasteiger partial charge in [0.1, 0.15) is 6.04 Å². The van der Waals surface area contributed by atoms with Gasteiger partial charge in [0.25, 0.3) is 0 Å². The average molecular weight is 578 g/mol. The van der Waals surface area contributed by atoms with Gasteiger partial charge in [0, 0.05) is 32.0 Å². The van der Waals surface area contributed by atoms with E-state index >= 15 is 0 Å². The molecule has 41 heavy (non-hydrogen) atoms. The van der Waals surface area contributed by atoms with Crippen LogP contribution in [0.4, 0.5) is 5.69 Å². The molecule has 2 amide bonds. The molecule has 0 saturated heterocycles. The predicted molar refractivity (Wildman–Crippen MR) is 166 cm³/mol. The number of carbonyl (C=O) groups is 2. The van der Waals surface area contributed by atoms with Crippen molar-refractivity contribution in [3.63, 3.8) is 0 Å². The first-order valence-corrected chi connectivity index (χ1v) is 16.1. The standard InChI is InChI=1S/C33H43N3O4S/c1-6-27(4)34-33(38)31(23-28-14-8-7-9-15-28)35(24-29-16-11-10-13-26(29)3)32(37)17-12-22-36(41(5,39)40)30-20-18-25(2)19-21-30/h7-11,13-16,18-21,27,31H,6,12,17,22-24H2,1-5H3,(H,34,38). The SMILES string of the molecule is CCC(C)NC(=O)C(Cc1ccccc1)N(Cc1ccccc1C)C(=O)CCCN(c1ccc(C)cc1)S(C)(=O)=O. The Balaban J connectivity index is 1.89. The molecule has 0 aliphatic rings. The van der Waals surface area contributed by atoms with E-state index in [0.29, 0.717) is 18.5 Å². The summed E-state index contributed by atoms with van der Waals surface area (Å²) in [5, 5.41) is 3.09. The van der Waals surface area contributed by atoms with E-state index in [9.17, 15) is 18.0 Å². The third-order valence-corrected chi connectivity index (χ3v) is 8.54. The molecule has 0 spiro atoms. The molecular formula is C33H43N3O4S. The van der Waals surface area contributed by atoms with Gasteiger partial charge < -0.3 is 10.2 Å². The minimum Gasteiger partial charge on any atom is -0.352 e. The molecule has 220 valence electrons. The fraction of sp³-hybridized carbons (Fsp3) is 0.394. The smallest absolute Gasteiger partial charge is 0.243 e. The molecule has 0 heterocycles. The maximum atomic E-state index is 13.9. The van der Waals surface area contributed by atoms with E-state index < -0.39 is 16.1 Å². The number of rotatable bonds is 14. The number of sulfonamides is 1. The van der Waals surface area contributed by atoms with Crippen molar-refractivity contribution in [2.24, 2.45) is 0 Å². The maximum Gasteiger partial charge on any atom is 0.243 e. The zero-order valence-corrected chi connectivity index (χ0v) is 25.7. The van der Waals surface area contributed by atoms with Crippen LogP contribution in [0.1, 0.15) is 55.4 Å². The van der Waals surface area contributed by atoms with Gasteiger partial charge in [-0.25, -0.2) is 8.42 Å². The highest BCUT2D eigenvalue weighted by molar-refractivity contribution is 7.92. The summed E-state index contributed by atoms with van der Waals surface area (Å²) in [6.45, 7) is 8.35. The lowest BCUT2D eigenvalue weighted by Gasteiger charge is -2.33. The molecule has 0 bridgehead atoms. The number of hydrogen-bond acceptors (Lipinski definition) is 4. The summed E-state index contributed by atoms with van der Waals surface area (Å²) in [5.74, 6) is -0.381. The van der Waals surface area contributed by atoms with E-state index in [1.165, 1.54) is 10.6 Å². The third kappa shape index (κ3) is 9.46. The molecule has 3 aromatic carbocycles. The van der Waals surface area contributed by atoms with Crippen LogP contribution < -0.4 is 9.62 Å². The number of benzene rings is 3. The molecule has 0 aromatic heterocycles. The monoisotopic (exact) mass is 577 g/mol. The van der Waals surface area contributed by atoms with Crippen molar-refractivity contribution in [2.75, 3.05) is 17.1 Å². The van der Waals surface area contributed by atoms with E-state index in [4.69, 9.17) is 0 Å². The topological polar surface area (TPSA) is 86.8 Å². The van der Waals surface area contributed by atoms with Gasteiger partial charge in [0.05, 0.1) is 11.9 Å². The first-order chi connectivity index (χ1) is 19.5. The molecule has 0 aliphatic heterocycles. The Morgan fingerprint density at radius 1 is 0.902 bits per heavy atom. The first kappa shape index (κ1) is 31.9. The highest BCUT2D eigenvalue weighted by Crippen LogP contribution is 2.21. The summed E-state index contributed by atoms with van der Waals surface area (Å²) in [7, 11) is -3.55. The second-order valence-corrected chi connectivity index (χ2v) is 12.7. The number of nitrogens with one attached hydrogen (secondary N) is 1. The maximum absolute atomic E-state index is 13.9. The van der Waals surface area contributed by atoms with Crippen LogP contribution in [0.2, 0.25) is 0 Å². The van der Waals surface area contributed by atoms with Crippen molar-refractivity contribution in [3.05, 3.63) is 101 Å². The van der Waals surface area contributed by atoms with Crippen molar-refractivity contribution in [3.8, 4) is 0 Å². The quantitative estimate of drug-likeness (QED) is 0.278. The largest absolute Gasteiger partial charge is 0.352 e. The predicted octanol–water partition coefficient (Wildman–Crippen LogP) is 5.40. The van der Waals surface area contributed by atoms with Crippen LogP contribution in [-0.4, -0.2) is 50.0 Å². The lowest BCUT2D eigenvalue weighted by atomic mass is 10.0. The van der Waals surface area contributed by atoms with E-state index in [-0.39, 0.29) is 37.4 Å². The molecule has 3 rings (SSSR count). The Morgan fingerprint density at radius 3 is 2.15 bits per heavy atom. The van der Waals surface area contributed by atoms with Gasteiger partial charge in [0.2, 0.25) is 21.8 Å². The summed E-state index contributed by atoms with van der Waals surface area (Å²) in [5.41, 5.74) is 4.56. The van der Waals surface area contributed by atoms with Gasteiger partial charge in [-0.1, -0.05) is 79.2 Å². The molecule has 0 fully saturated rings. The van der Waals surface area contributed by atoms with Crippen molar-refractivity contribution in [1.82, 2.24) is 10.2 Å². The molecular weight excluding hydrogens is 534 g/mol. The van der Waals surface area contributed by atoms with Gasteiger partial charge in [-0.15, -0.1) is 0 Å². The number of amides is 2. The zero-order chi connectivity index (χ0) is 30.0. The summed E-state index contributed by atoms with van der Waals surface area (Å²) in [6, 6.07) is 24.1. The van der Waals surface area contributed by atoms with Gasteiger partial charge in [0.15, 0.2) is 0 Å². The van der Waals surface area contributed by atoms with Crippen LogP contribution in [0.15, 0.2) is 78.9 Å². The van der Waals surface area contributed by atoms with Crippen LogP contribution >= 0.6 is 0 Å². The molecule has 1 N–H and O–H groups in total. The fourth-order valence-corrected chi connectivity index (χ4v) is 5.65. The number of carbonyl (C=O) groups excluding carboxylic acids is 2. The third-order valence-electron chi connectivity index (χ3n) is 7.35. The van der Waals surface area contributed by atoms with Gasteiger partial charge in [-0.3, -0.25) is 13.9 Å². The summed E-state index contributed by atoms with van der Waals surface area (Å²) in [4.78, 5) is 29.3. The van der Waals surface area contributed by atoms with Crippen LogP contribution in [0.3, 0.4) is 0 Å². The highest BCUT2D eigenvalue weighted by atomic mass is 32.2. The van der Waals surface area contributed by atoms with E-state index in [2.05, 4.69) is 5.32 Å². The summed E-state index contributed by atoms with van der Waals surface area (Å²) < 4.78 is 26.6. The number of anilines is 1. The van der Waals surface area contributed by atoms with Crippen LogP contribution in [0.5, 0.6) is 0 Å². The lowest BCUT2D eigenvalue weighted by molar-refractivity contribution is -0.141. The van der Waals surface area contributed by atoms with E-state index in [1.54, 1.807) is 17.0 Å². The normalized spacial score (nSPS) is 12.8. The fourth-order valence-electron chi connectivity index (χ4n) is 4.68. The van der Waals surface area contributed by atoms with Gasteiger partial charge in [-0.2, -0.15) is 0 Å². The second kappa shape index (κ2) is 14.8. The van der Waals surface area contributed by atoms with Crippen molar-refractivity contribution < 1.29 is 18.0 Å². The number of nitrogens with zero attached hydrogens (tertiary/aromatic N) is 2. The molecule has 0 radical (unpaired) electrons. The Bertz CT molecular complexity index is 1390. The summed E-state index contributed by atoms with van der Waals surface area (Å²) in [6.07, 6.45) is 2.74. The molecule has 7 nitrogen and oxygen atoms in total. The molecule has 2 atom stereocenters. The minimum absolute atomic E-state index is 0.0333. The molecule has 3 aromatic rings. The number of aryl methyl sites for hydroxylation is 2. The number of hydrogen-bond donors (Lipinski definition) is 1. The lowest BCUT2D eigenvalue weighted by Crippen LogP contribution is -2.52. The Morgan fingerprint density at radius 2 is 1.54 bits per heavy atom. The highest BCUT2D eigenvalue weighted by Gasteiger charge is 2.31. The van der Waals surface area contributed by atoms with Gasteiger partial charge >= 0.3 is 0 Å². The van der Waals surface area contributed by atoms with E-state index in [1.807, 2.05) is 94.4 Å². The first-order valence-electron chi connectivity index (χ1n) is 14.2. The minimum atomic E-state index is -3.55. The van der Waals surface area contributed by atoms with Crippen molar-refractivity contribution >= 4 is 27.5 Å². The molecule has 8 heteroatoms. The molecule has 2 unspecified atom stereocenters. The average Bonchev–Trinajstić information content (AvgIpc) is 2.94. The van der Waals surface area contributed by atoms with Crippen LogP contribution in [0, 0.1) is 13.8 Å². The Labute approximate surface area is 245 Å². The molecule has 0 aliphatic carbocycles. The van der Waals surface area contributed by atoms with Crippen LogP contribution in [0.25, 0.3) is 0 Å².